The smallest absolute Gasteiger partial charge is 0.239 e. The molecule has 1 amide bonds. The fraction of sp³-hybridized carbons (Fsp3) is 0.231. The van der Waals surface area contributed by atoms with E-state index in [1.807, 2.05) is 29.0 Å². The first-order chi connectivity index (χ1) is 9.87. The molecule has 1 aromatic heterocycles. The van der Waals surface area contributed by atoms with Crippen LogP contribution in [0.5, 0.6) is 5.75 Å². The van der Waals surface area contributed by atoms with Gasteiger partial charge in [-0.15, -0.1) is 11.3 Å². The van der Waals surface area contributed by atoms with Crippen LogP contribution in [0, 0.1) is 0 Å². The number of hydrogen-bond acceptors (Lipinski definition) is 6. The van der Waals surface area contributed by atoms with Gasteiger partial charge in [-0.25, -0.2) is 13.4 Å². The van der Waals surface area contributed by atoms with Gasteiger partial charge in [0.1, 0.15) is 10.8 Å². The number of ether oxygens (including phenoxy) is 1. The van der Waals surface area contributed by atoms with Crippen LogP contribution >= 0.6 is 11.3 Å². The van der Waals surface area contributed by atoms with E-state index in [0.717, 1.165) is 22.6 Å². The lowest BCUT2D eigenvalue weighted by molar-refractivity contribution is -0.118. The maximum absolute atomic E-state index is 11.5. The number of carbonyl (C=O) groups is 1. The highest BCUT2D eigenvalue weighted by Crippen LogP contribution is 2.25. The monoisotopic (exact) mass is 326 g/mol. The average molecular weight is 326 g/mol. The van der Waals surface area contributed by atoms with Crippen LogP contribution in [-0.4, -0.2) is 32.7 Å². The summed E-state index contributed by atoms with van der Waals surface area (Å²) in [5.41, 5.74) is 1.45. The maximum atomic E-state index is 11.5. The fourth-order valence-corrected chi connectivity index (χ4v) is 2.97. The minimum absolute atomic E-state index is 0.0697. The van der Waals surface area contributed by atoms with Crippen LogP contribution in [0.1, 0.15) is 5.69 Å². The van der Waals surface area contributed by atoms with Crippen molar-refractivity contribution in [1.29, 1.82) is 0 Å². The lowest BCUT2D eigenvalue weighted by atomic mass is 10.2. The molecule has 0 saturated heterocycles. The van der Waals surface area contributed by atoms with Crippen LogP contribution in [0.15, 0.2) is 29.6 Å². The minimum atomic E-state index is -3.53. The molecule has 112 valence electrons. The van der Waals surface area contributed by atoms with Gasteiger partial charge in [0.15, 0.2) is 0 Å². The molecule has 8 heteroatoms. The van der Waals surface area contributed by atoms with Crippen LogP contribution < -0.4 is 9.46 Å². The highest BCUT2D eigenvalue weighted by Gasteiger charge is 2.12. The molecule has 0 unspecified atom stereocenters. The zero-order valence-electron chi connectivity index (χ0n) is 11.5. The molecule has 0 atom stereocenters. The van der Waals surface area contributed by atoms with Crippen molar-refractivity contribution in [3.63, 3.8) is 0 Å². The van der Waals surface area contributed by atoms with Gasteiger partial charge in [0.2, 0.25) is 15.9 Å². The quantitative estimate of drug-likeness (QED) is 0.898. The summed E-state index contributed by atoms with van der Waals surface area (Å²) >= 11 is 1.39. The molecule has 0 aliphatic carbocycles. The molecule has 0 aliphatic heterocycles. The Hall–Kier alpha value is -1.93. The Morgan fingerprint density at radius 3 is 2.57 bits per heavy atom. The summed E-state index contributed by atoms with van der Waals surface area (Å²) in [5, 5.41) is 2.50. The molecule has 0 radical (unpaired) electrons. The van der Waals surface area contributed by atoms with Crippen molar-refractivity contribution in [2.45, 2.75) is 6.42 Å². The van der Waals surface area contributed by atoms with Gasteiger partial charge in [0.05, 0.1) is 25.5 Å². The second kappa shape index (κ2) is 6.23. The van der Waals surface area contributed by atoms with Gasteiger partial charge >= 0.3 is 0 Å². The molecular weight excluding hydrogens is 312 g/mol. The Balaban J connectivity index is 2.08. The highest BCUT2D eigenvalue weighted by atomic mass is 32.2. The van der Waals surface area contributed by atoms with Gasteiger partial charge in [-0.1, -0.05) is 0 Å². The first-order valence-corrected chi connectivity index (χ1v) is 8.74. The van der Waals surface area contributed by atoms with Crippen molar-refractivity contribution in [2.75, 3.05) is 13.4 Å². The van der Waals surface area contributed by atoms with E-state index in [1.165, 1.54) is 11.3 Å². The van der Waals surface area contributed by atoms with Crippen LogP contribution in [0.3, 0.4) is 0 Å². The number of carbonyl (C=O) groups excluding carboxylic acids is 1. The number of nitrogens with one attached hydrogen (secondary N) is 1. The van der Waals surface area contributed by atoms with Crippen LogP contribution in [0.4, 0.5) is 0 Å². The topological polar surface area (TPSA) is 85.4 Å². The Morgan fingerprint density at radius 2 is 2.00 bits per heavy atom. The van der Waals surface area contributed by atoms with E-state index < -0.39 is 15.9 Å². The second-order valence-corrected chi connectivity index (χ2v) is 6.95. The first-order valence-electron chi connectivity index (χ1n) is 5.97. The summed E-state index contributed by atoms with van der Waals surface area (Å²) in [6.07, 6.45) is 0.870. The summed E-state index contributed by atoms with van der Waals surface area (Å²) in [6.45, 7) is 0. The molecule has 21 heavy (non-hydrogen) atoms. The van der Waals surface area contributed by atoms with Crippen molar-refractivity contribution < 1.29 is 17.9 Å². The molecule has 1 N–H and O–H groups in total. The first kappa shape index (κ1) is 15.5. The number of aromatic nitrogens is 1. The molecule has 2 rings (SSSR count). The summed E-state index contributed by atoms with van der Waals surface area (Å²) in [6, 6.07) is 7.40. The summed E-state index contributed by atoms with van der Waals surface area (Å²) in [4.78, 5) is 15.8. The van der Waals surface area contributed by atoms with Crippen LogP contribution in [-0.2, 0) is 21.2 Å². The fourth-order valence-electron chi connectivity index (χ4n) is 1.66. The second-order valence-electron chi connectivity index (χ2n) is 4.35. The van der Waals surface area contributed by atoms with Gasteiger partial charge in [-0.2, -0.15) is 0 Å². The van der Waals surface area contributed by atoms with E-state index >= 15 is 0 Å². The molecule has 0 aliphatic rings. The molecule has 0 saturated carbocycles. The Labute approximate surface area is 126 Å². The Kier molecular flexibility index (Phi) is 4.59. The van der Waals surface area contributed by atoms with Gasteiger partial charge < -0.3 is 4.74 Å². The number of nitrogens with zero attached hydrogens (tertiary/aromatic N) is 1. The zero-order chi connectivity index (χ0) is 15.5. The SMILES string of the molecule is COc1ccc(-c2nc(CC(=O)NS(C)(=O)=O)cs2)cc1. The average Bonchev–Trinajstić information content (AvgIpc) is 2.85. The molecule has 0 spiro atoms. The number of methoxy groups -OCH3 is 1. The predicted molar refractivity (Wildman–Crippen MR) is 80.8 cm³/mol. The minimum Gasteiger partial charge on any atom is -0.497 e. The third-order valence-corrected chi connectivity index (χ3v) is 4.07. The van der Waals surface area contributed by atoms with E-state index in [1.54, 1.807) is 12.5 Å². The van der Waals surface area contributed by atoms with Gasteiger partial charge in [0, 0.05) is 10.9 Å². The molecule has 1 aromatic carbocycles. The van der Waals surface area contributed by atoms with Crippen molar-refractivity contribution in [3.05, 3.63) is 35.3 Å². The van der Waals surface area contributed by atoms with Gasteiger partial charge in [0.25, 0.3) is 0 Å². The highest BCUT2D eigenvalue weighted by molar-refractivity contribution is 7.89. The largest absolute Gasteiger partial charge is 0.497 e. The predicted octanol–water partition coefficient (Wildman–Crippen LogP) is 1.44. The number of rotatable bonds is 5. The summed E-state index contributed by atoms with van der Waals surface area (Å²) in [5.74, 6) is 0.159. The maximum Gasteiger partial charge on any atom is 0.239 e. The third kappa shape index (κ3) is 4.54. The lowest BCUT2D eigenvalue weighted by Gasteiger charge is -2.01. The van der Waals surface area contributed by atoms with Crippen LogP contribution in [0.2, 0.25) is 0 Å². The number of thiazole rings is 1. The van der Waals surface area contributed by atoms with Crippen molar-refractivity contribution in [1.82, 2.24) is 9.71 Å². The molecular formula is C13H14N2O4S2. The van der Waals surface area contributed by atoms with Crippen LogP contribution in [0.25, 0.3) is 10.6 Å². The van der Waals surface area contributed by atoms with E-state index in [9.17, 15) is 13.2 Å². The van der Waals surface area contributed by atoms with Gasteiger partial charge in [-0.3, -0.25) is 9.52 Å². The third-order valence-electron chi connectivity index (χ3n) is 2.53. The normalized spacial score (nSPS) is 11.1. The van der Waals surface area contributed by atoms with E-state index in [0.29, 0.717) is 5.69 Å². The van der Waals surface area contributed by atoms with Crippen molar-refractivity contribution in [2.24, 2.45) is 0 Å². The Morgan fingerprint density at radius 1 is 1.33 bits per heavy atom. The van der Waals surface area contributed by atoms with Crippen molar-refractivity contribution >= 4 is 27.3 Å². The summed E-state index contributed by atoms with van der Waals surface area (Å²) in [7, 11) is -1.94. The standard InChI is InChI=1S/C13H14N2O4S2/c1-19-11-5-3-9(4-6-11)13-14-10(8-20-13)7-12(16)15-21(2,17)18/h3-6,8H,7H2,1-2H3,(H,15,16). The number of hydrogen-bond donors (Lipinski definition) is 1. The van der Waals surface area contributed by atoms with E-state index in [-0.39, 0.29) is 6.42 Å². The van der Waals surface area contributed by atoms with Gasteiger partial charge in [-0.05, 0) is 24.3 Å². The molecule has 1 heterocycles. The number of benzene rings is 1. The summed E-state index contributed by atoms with van der Waals surface area (Å²) < 4.78 is 28.9. The van der Waals surface area contributed by atoms with E-state index in [4.69, 9.17) is 4.74 Å². The molecule has 0 bridgehead atoms. The zero-order valence-corrected chi connectivity index (χ0v) is 13.1. The molecule has 6 nitrogen and oxygen atoms in total. The van der Waals surface area contributed by atoms with E-state index in [2.05, 4.69) is 4.98 Å². The van der Waals surface area contributed by atoms with Crippen molar-refractivity contribution in [3.8, 4) is 16.3 Å². The lowest BCUT2D eigenvalue weighted by Crippen LogP contribution is -2.30. The number of sulfonamides is 1. The molecule has 2 aromatic rings. The Bertz CT molecular complexity index is 736. The number of amides is 1. The molecule has 0 fully saturated rings.